The Labute approximate surface area is 110 Å². The summed E-state index contributed by atoms with van der Waals surface area (Å²) < 4.78 is 1.02. The second-order valence-electron chi connectivity index (χ2n) is 4.46. The molecule has 0 radical (unpaired) electrons. The first-order valence-corrected chi connectivity index (χ1v) is 6.58. The van der Waals surface area contributed by atoms with Crippen LogP contribution in [0.15, 0.2) is 34.3 Å². The standard InChI is InChI=1S/C14H16BrNO/c1-10-5-7-16(8-6-10)14-9-12(15)3-4-13(14)11(2)17/h3-5,9H,6-8H2,1-2H3. The molecule has 0 bridgehead atoms. The van der Waals surface area contributed by atoms with Gasteiger partial charge in [0.15, 0.2) is 5.78 Å². The molecular weight excluding hydrogens is 278 g/mol. The number of benzene rings is 1. The first-order valence-electron chi connectivity index (χ1n) is 5.79. The van der Waals surface area contributed by atoms with Crippen molar-refractivity contribution in [3.8, 4) is 0 Å². The van der Waals surface area contributed by atoms with Gasteiger partial charge in [0.25, 0.3) is 0 Å². The van der Waals surface area contributed by atoms with Gasteiger partial charge in [-0.25, -0.2) is 0 Å². The number of rotatable bonds is 2. The van der Waals surface area contributed by atoms with Crippen molar-refractivity contribution in [3.05, 3.63) is 39.9 Å². The molecule has 2 nitrogen and oxygen atoms in total. The third kappa shape index (κ3) is 2.78. The van der Waals surface area contributed by atoms with Crippen molar-refractivity contribution >= 4 is 27.4 Å². The number of halogens is 1. The third-order valence-corrected chi connectivity index (χ3v) is 3.61. The molecule has 0 saturated heterocycles. The highest BCUT2D eigenvalue weighted by Gasteiger charge is 2.16. The Morgan fingerprint density at radius 3 is 2.76 bits per heavy atom. The fourth-order valence-electron chi connectivity index (χ4n) is 2.05. The molecule has 0 amide bonds. The number of carbonyl (C=O) groups is 1. The van der Waals surface area contributed by atoms with Crippen molar-refractivity contribution in [1.29, 1.82) is 0 Å². The smallest absolute Gasteiger partial charge is 0.161 e. The highest BCUT2D eigenvalue weighted by atomic mass is 79.9. The average Bonchev–Trinajstić information content (AvgIpc) is 2.29. The van der Waals surface area contributed by atoms with Crippen LogP contribution >= 0.6 is 15.9 Å². The summed E-state index contributed by atoms with van der Waals surface area (Å²) in [5, 5.41) is 0. The minimum atomic E-state index is 0.124. The summed E-state index contributed by atoms with van der Waals surface area (Å²) in [4.78, 5) is 13.9. The summed E-state index contributed by atoms with van der Waals surface area (Å²) in [5.74, 6) is 0.124. The van der Waals surface area contributed by atoms with Crippen molar-refractivity contribution in [2.24, 2.45) is 0 Å². The van der Waals surface area contributed by atoms with Gasteiger partial charge in [0, 0.05) is 28.8 Å². The van der Waals surface area contributed by atoms with Crippen molar-refractivity contribution < 1.29 is 4.79 Å². The number of Topliss-reactive ketones (excluding diaryl/α,β-unsaturated/α-hetero) is 1. The second kappa shape index (κ2) is 5.05. The lowest BCUT2D eigenvalue weighted by molar-refractivity contribution is 0.101. The molecular formula is C14H16BrNO. The summed E-state index contributed by atoms with van der Waals surface area (Å²) in [5.41, 5.74) is 3.28. The summed E-state index contributed by atoms with van der Waals surface area (Å²) in [6.45, 7) is 5.66. The minimum Gasteiger partial charge on any atom is -0.367 e. The highest BCUT2D eigenvalue weighted by Crippen LogP contribution is 2.27. The molecule has 1 heterocycles. The van der Waals surface area contributed by atoms with Gasteiger partial charge in [0.1, 0.15) is 0 Å². The number of nitrogens with zero attached hydrogens (tertiary/aromatic N) is 1. The van der Waals surface area contributed by atoms with E-state index in [0.717, 1.165) is 35.2 Å². The Hall–Kier alpha value is -1.09. The van der Waals surface area contributed by atoms with Gasteiger partial charge in [-0.05, 0) is 38.5 Å². The number of carbonyl (C=O) groups excluding carboxylic acids is 1. The topological polar surface area (TPSA) is 20.3 Å². The van der Waals surface area contributed by atoms with Gasteiger partial charge < -0.3 is 4.90 Å². The summed E-state index contributed by atoms with van der Waals surface area (Å²) >= 11 is 3.47. The number of hydrogen-bond acceptors (Lipinski definition) is 2. The molecule has 0 spiro atoms. The van der Waals surface area contributed by atoms with Gasteiger partial charge in [0.2, 0.25) is 0 Å². The SMILES string of the molecule is CC(=O)c1ccc(Br)cc1N1CC=C(C)CC1. The predicted molar refractivity (Wildman–Crippen MR) is 74.7 cm³/mol. The monoisotopic (exact) mass is 293 g/mol. The molecule has 1 aromatic rings. The molecule has 2 rings (SSSR count). The number of hydrogen-bond donors (Lipinski definition) is 0. The first-order chi connectivity index (χ1) is 8.08. The maximum atomic E-state index is 11.6. The molecule has 1 aliphatic heterocycles. The Bertz CT molecular complexity index is 479. The second-order valence-corrected chi connectivity index (χ2v) is 5.38. The molecule has 1 aliphatic rings. The van der Waals surface area contributed by atoms with Crippen LogP contribution in [0.1, 0.15) is 30.6 Å². The predicted octanol–water partition coefficient (Wildman–Crippen LogP) is 3.81. The fourth-order valence-corrected chi connectivity index (χ4v) is 2.40. The van der Waals surface area contributed by atoms with Crippen LogP contribution in [0.25, 0.3) is 0 Å². The summed E-state index contributed by atoms with van der Waals surface area (Å²) in [7, 11) is 0. The Balaban J connectivity index is 2.37. The van der Waals surface area contributed by atoms with E-state index in [-0.39, 0.29) is 5.78 Å². The van der Waals surface area contributed by atoms with Gasteiger partial charge in [-0.3, -0.25) is 4.79 Å². The van der Waals surface area contributed by atoms with Crippen LogP contribution in [0.2, 0.25) is 0 Å². The van der Waals surface area contributed by atoms with Crippen LogP contribution in [0.3, 0.4) is 0 Å². The Morgan fingerprint density at radius 1 is 1.41 bits per heavy atom. The van der Waals surface area contributed by atoms with Crippen LogP contribution in [-0.4, -0.2) is 18.9 Å². The number of anilines is 1. The van der Waals surface area contributed by atoms with E-state index >= 15 is 0 Å². The molecule has 0 saturated carbocycles. The average molecular weight is 294 g/mol. The summed E-state index contributed by atoms with van der Waals surface area (Å²) in [6, 6.07) is 5.85. The zero-order chi connectivity index (χ0) is 12.4. The minimum absolute atomic E-state index is 0.124. The quantitative estimate of drug-likeness (QED) is 0.610. The highest BCUT2D eigenvalue weighted by molar-refractivity contribution is 9.10. The van der Waals surface area contributed by atoms with Gasteiger partial charge in [0.05, 0.1) is 0 Å². The first kappa shape index (κ1) is 12.4. The van der Waals surface area contributed by atoms with Crippen LogP contribution < -0.4 is 4.90 Å². The van der Waals surface area contributed by atoms with Gasteiger partial charge in [-0.2, -0.15) is 0 Å². The van der Waals surface area contributed by atoms with E-state index in [0.29, 0.717) is 0 Å². The lowest BCUT2D eigenvalue weighted by Crippen LogP contribution is -2.29. The largest absolute Gasteiger partial charge is 0.367 e. The van der Waals surface area contributed by atoms with Crippen LogP contribution in [0.5, 0.6) is 0 Å². The fraction of sp³-hybridized carbons (Fsp3) is 0.357. The van der Waals surface area contributed by atoms with E-state index in [4.69, 9.17) is 0 Å². The summed E-state index contributed by atoms with van der Waals surface area (Å²) in [6.07, 6.45) is 3.30. The number of ketones is 1. The van der Waals surface area contributed by atoms with Crippen molar-refractivity contribution in [2.75, 3.05) is 18.0 Å². The van der Waals surface area contributed by atoms with E-state index in [2.05, 4.69) is 33.8 Å². The van der Waals surface area contributed by atoms with Crippen LogP contribution in [0.4, 0.5) is 5.69 Å². The van der Waals surface area contributed by atoms with Crippen molar-refractivity contribution in [3.63, 3.8) is 0 Å². The Kier molecular flexibility index (Phi) is 3.67. The maximum absolute atomic E-state index is 11.6. The van der Waals surface area contributed by atoms with Gasteiger partial charge >= 0.3 is 0 Å². The molecule has 1 aromatic carbocycles. The molecule has 3 heteroatoms. The maximum Gasteiger partial charge on any atom is 0.161 e. The third-order valence-electron chi connectivity index (χ3n) is 3.12. The molecule has 90 valence electrons. The van der Waals surface area contributed by atoms with Crippen LogP contribution in [-0.2, 0) is 0 Å². The molecule has 0 unspecified atom stereocenters. The van der Waals surface area contributed by atoms with E-state index < -0.39 is 0 Å². The van der Waals surface area contributed by atoms with E-state index in [9.17, 15) is 4.79 Å². The molecule has 17 heavy (non-hydrogen) atoms. The van der Waals surface area contributed by atoms with E-state index in [1.165, 1.54) is 5.57 Å². The van der Waals surface area contributed by atoms with E-state index in [1.54, 1.807) is 6.92 Å². The van der Waals surface area contributed by atoms with Crippen LogP contribution in [0, 0.1) is 0 Å². The molecule has 0 aromatic heterocycles. The van der Waals surface area contributed by atoms with E-state index in [1.807, 2.05) is 18.2 Å². The molecule has 0 atom stereocenters. The molecule has 0 aliphatic carbocycles. The lowest BCUT2D eigenvalue weighted by atomic mass is 10.1. The van der Waals surface area contributed by atoms with Gasteiger partial charge in [-0.1, -0.05) is 27.6 Å². The zero-order valence-corrected chi connectivity index (χ0v) is 11.8. The molecule has 0 fully saturated rings. The lowest BCUT2D eigenvalue weighted by Gasteiger charge is -2.29. The van der Waals surface area contributed by atoms with Crippen molar-refractivity contribution in [2.45, 2.75) is 20.3 Å². The van der Waals surface area contributed by atoms with Gasteiger partial charge in [-0.15, -0.1) is 0 Å². The molecule has 0 N–H and O–H groups in total. The normalized spacial score (nSPS) is 15.7. The van der Waals surface area contributed by atoms with Crippen molar-refractivity contribution in [1.82, 2.24) is 0 Å². The zero-order valence-electron chi connectivity index (χ0n) is 10.2. The Morgan fingerprint density at radius 2 is 2.18 bits per heavy atom.